The molecular weight excluding hydrogens is 307 g/mol. The van der Waals surface area contributed by atoms with Crippen LogP contribution in [0.15, 0.2) is 47.5 Å². The summed E-state index contributed by atoms with van der Waals surface area (Å²) in [7, 11) is -2.38. The van der Waals surface area contributed by atoms with E-state index in [-0.39, 0.29) is 10.7 Å². The Morgan fingerprint density at radius 2 is 2.05 bits per heavy atom. The van der Waals surface area contributed by atoms with Gasteiger partial charge < -0.3 is 4.74 Å². The summed E-state index contributed by atoms with van der Waals surface area (Å²) in [4.78, 5) is 3.93. The van der Waals surface area contributed by atoms with Crippen LogP contribution in [-0.4, -0.2) is 27.1 Å². The van der Waals surface area contributed by atoms with Crippen LogP contribution in [0.5, 0.6) is 0 Å². The molecule has 0 atom stereocenters. The number of ether oxygens (including phenoxy) is 1. The zero-order valence-electron chi connectivity index (χ0n) is 12.4. The van der Waals surface area contributed by atoms with Gasteiger partial charge in [-0.3, -0.25) is 4.31 Å². The van der Waals surface area contributed by atoms with E-state index < -0.39 is 15.8 Å². The zero-order chi connectivity index (χ0) is 16.2. The summed E-state index contributed by atoms with van der Waals surface area (Å²) in [5.74, 6) is -0.370. The monoisotopic (exact) mass is 324 g/mol. The SMILES string of the molecule is CCOCc1cccc(S(=O)(=O)N(C)c2ccc(F)cn2)c1. The number of anilines is 1. The third-order valence-corrected chi connectivity index (χ3v) is 4.82. The Labute approximate surface area is 129 Å². The number of benzene rings is 1. The number of sulfonamides is 1. The van der Waals surface area contributed by atoms with Crippen LogP contribution >= 0.6 is 0 Å². The van der Waals surface area contributed by atoms with Crippen LogP contribution in [0.1, 0.15) is 12.5 Å². The van der Waals surface area contributed by atoms with Crippen LogP contribution < -0.4 is 4.31 Å². The second kappa shape index (κ2) is 6.85. The third kappa shape index (κ3) is 3.61. The average Bonchev–Trinajstić information content (AvgIpc) is 2.53. The van der Waals surface area contributed by atoms with Crippen molar-refractivity contribution in [1.29, 1.82) is 0 Å². The molecule has 0 radical (unpaired) electrons. The number of aromatic nitrogens is 1. The van der Waals surface area contributed by atoms with E-state index in [2.05, 4.69) is 4.98 Å². The highest BCUT2D eigenvalue weighted by Gasteiger charge is 2.22. The molecule has 1 heterocycles. The molecular formula is C15H17FN2O3S. The molecule has 1 aromatic heterocycles. The molecule has 118 valence electrons. The van der Waals surface area contributed by atoms with Crippen molar-refractivity contribution in [3.8, 4) is 0 Å². The van der Waals surface area contributed by atoms with Crippen molar-refractivity contribution >= 4 is 15.8 Å². The minimum atomic E-state index is -3.76. The van der Waals surface area contributed by atoms with E-state index in [0.29, 0.717) is 13.2 Å². The molecule has 0 saturated heterocycles. The number of nitrogens with zero attached hydrogens (tertiary/aromatic N) is 2. The number of pyridine rings is 1. The largest absolute Gasteiger partial charge is 0.377 e. The van der Waals surface area contributed by atoms with Gasteiger partial charge in [-0.2, -0.15) is 0 Å². The van der Waals surface area contributed by atoms with Gasteiger partial charge in [-0.15, -0.1) is 0 Å². The van der Waals surface area contributed by atoms with E-state index in [1.54, 1.807) is 18.2 Å². The highest BCUT2D eigenvalue weighted by atomic mass is 32.2. The summed E-state index contributed by atoms with van der Waals surface area (Å²) < 4.78 is 44.4. The first-order valence-corrected chi connectivity index (χ1v) is 8.16. The van der Waals surface area contributed by atoms with Gasteiger partial charge in [-0.05, 0) is 36.8 Å². The third-order valence-electron chi connectivity index (χ3n) is 3.06. The second-order valence-electron chi connectivity index (χ2n) is 4.59. The van der Waals surface area contributed by atoms with Gasteiger partial charge in [0.2, 0.25) is 0 Å². The van der Waals surface area contributed by atoms with Crippen LogP contribution in [0.25, 0.3) is 0 Å². The molecule has 2 aromatic rings. The van der Waals surface area contributed by atoms with E-state index in [0.717, 1.165) is 16.1 Å². The maximum atomic E-state index is 12.9. The van der Waals surface area contributed by atoms with E-state index in [1.807, 2.05) is 6.92 Å². The molecule has 0 aliphatic carbocycles. The van der Waals surface area contributed by atoms with Crippen molar-refractivity contribution < 1.29 is 17.5 Å². The summed E-state index contributed by atoms with van der Waals surface area (Å²) in [6, 6.07) is 9.00. The average molecular weight is 324 g/mol. The zero-order valence-corrected chi connectivity index (χ0v) is 13.2. The van der Waals surface area contributed by atoms with Gasteiger partial charge in [0, 0.05) is 13.7 Å². The van der Waals surface area contributed by atoms with Gasteiger partial charge in [0.15, 0.2) is 0 Å². The maximum Gasteiger partial charge on any atom is 0.265 e. The second-order valence-corrected chi connectivity index (χ2v) is 6.56. The lowest BCUT2D eigenvalue weighted by Gasteiger charge is -2.18. The van der Waals surface area contributed by atoms with Crippen LogP contribution in [0, 0.1) is 5.82 Å². The fourth-order valence-electron chi connectivity index (χ4n) is 1.85. The smallest absolute Gasteiger partial charge is 0.265 e. The molecule has 0 N–H and O–H groups in total. The Hall–Kier alpha value is -1.99. The first kappa shape index (κ1) is 16.4. The van der Waals surface area contributed by atoms with Crippen LogP contribution in [0.2, 0.25) is 0 Å². The fourth-order valence-corrected chi connectivity index (χ4v) is 3.07. The summed E-state index contributed by atoms with van der Waals surface area (Å²) in [6.45, 7) is 2.77. The molecule has 0 aliphatic rings. The fraction of sp³-hybridized carbons (Fsp3) is 0.267. The van der Waals surface area contributed by atoms with Gasteiger partial charge in [0.25, 0.3) is 10.0 Å². The Balaban J connectivity index is 2.31. The minimum Gasteiger partial charge on any atom is -0.377 e. The molecule has 2 rings (SSSR count). The molecule has 0 unspecified atom stereocenters. The molecule has 5 nitrogen and oxygen atoms in total. The van der Waals surface area contributed by atoms with Crippen molar-refractivity contribution in [2.75, 3.05) is 18.0 Å². The minimum absolute atomic E-state index is 0.137. The van der Waals surface area contributed by atoms with Crippen molar-refractivity contribution in [2.24, 2.45) is 0 Å². The van der Waals surface area contributed by atoms with Gasteiger partial charge in [0.05, 0.1) is 17.7 Å². The Morgan fingerprint density at radius 3 is 2.68 bits per heavy atom. The Bertz CT molecular complexity index is 733. The first-order valence-electron chi connectivity index (χ1n) is 6.72. The molecule has 0 fully saturated rings. The van der Waals surface area contributed by atoms with Crippen molar-refractivity contribution in [3.63, 3.8) is 0 Å². The molecule has 0 saturated carbocycles. The lowest BCUT2D eigenvalue weighted by atomic mass is 10.2. The first-order chi connectivity index (χ1) is 10.4. The topological polar surface area (TPSA) is 59.5 Å². The maximum absolute atomic E-state index is 12.9. The number of halogens is 1. The molecule has 0 amide bonds. The normalized spacial score (nSPS) is 11.4. The van der Waals surface area contributed by atoms with E-state index in [1.165, 1.54) is 25.2 Å². The summed E-state index contributed by atoms with van der Waals surface area (Å²) in [6.07, 6.45) is 0.979. The quantitative estimate of drug-likeness (QED) is 0.819. The highest BCUT2D eigenvalue weighted by molar-refractivity contribution is 7.92. The highest BCUT2D eigenvalue weighted by Crippen LogP contribution is 2.21. The standard InChI is InChI=1S/C15H17FN2O3S/c1-3-21-11-12-5-4-6-14(9-12)22(19,20)18(2)15-8-7-13(16)10-17-15/h4-10H,3,11H2,1-2H3. The van der Waals surface area contributed by atoms with Crippen LogP contribution in [0.3, 0.4) is 0 Å². The lowest BCUT2D eigenvalue weighted by Crippen LogP contribution is -2.27. The molecule has 22 heavy (non-hydrogen) atoms. The predicted octanol–water partition coefficient (Wildman–Crippen LogP) is 2.58. The molecule has 0 bridgehead atoms. The molecule has 7 heteroatoms. The summed E-state index contributed by atoms with van der Waals surface area (Å²) in [5.41, 5.74) is 0.767. The number of rotatable bonds is 6. The molecule has 0 spiro atoms. The Kier molecular flexibility index (Phi) is 5.10. The van der Waals surface area contributed by atoms with Gasteiger partial charge in [-0.1, -0.05) is 12.1 Å². The van der Waals surface area contributed by atoms with Crippen molar-refractivity contribution in [3.05, 3.63) is 54.0 Å². The summed E-state index contributed by atoms with van der Waals surface area (Å²) >= 11 is 0. The van der Waals surface area contributed by atoms with Crippen LogP contribution in [0.4, 0.5) is 10.2 Å². The van der Waals surface area contributed by atoms with Gasteiger partial charge in [0.1, 0.15) is 11.6 Å². The van der Waals surface area contributed by atoms with E-state index >= 15 is 0 Å². The number of hydrogen-bond acceptors (Lipinski definition) is 4. The predicted molar refractivity (Wildman–Crippen MR) is 81.6 cm³/mol. The van der Waals surface area contributed by atoms with Crippen LogP contribution in [-0.2, 0) is 21.4 Å². The number of hydrogen-bond donors (Lipinski definition) is 0. The Morgan fingerprint density at radius 1 is 1.27 bits per heavy atom. The van der Waals surface area contributed by atoms with Gasteiger partial charge in [-0.25, -0.2) is 17.8 Å². The summed E-state index contributed by atoms with van der Waals surface area (Å²) in [5, 5.41) is 0. The molecule has 1 aromatic carbocycles. The van der Waals surface area contributed by atoms with E-state index in [4.69, 9.17) is 4.74 Å². The molecule has 0 aliphatic heterocycles. The van der Waals surface area contributed by atoms with Crippen molar-refractivity contribution in [1.82, 2.24) is 4.98 Å². The van der Waals surface area contributed by atoms with Crippen molar-refractivity contribution in [2.45, 2.75) is 18.4 Å². The lowest BCUT2D eigenvalue weighted by molar-refractivity contribution is 0.134. The van der Waals surface area contributed by atoms with E-state index in [9.17, 15) is 12.8 Å². The van der Waals surface area contributed by atoms with Gasteiger partial charge >= 0.3 is 0 Å².